The van der Waals surface area contributed by atoms with Gasteiger partial charge in [0, 0.05) is 35.5 Å². The average molecular weight is 329 g/mol. The van der Waals surface area contributed by atoms with Crippen LogP contribution < -0.4 is 5.32 Å². The van der Waals surface area contributed by atoms with Crippen molar-refractivity contribution >= 4 is 22.2 Å². The number of benzene rings is 1. The van der Waals surface area contributed by atoms with E-state index in [1.807, 2.05) is 12.1 Å². The van der Waals surface area contributed by atoms with Crippen molar-refractivity contribution in [2.45, 2.75) is 39.3 Å². The van der Waals surface area contributed by atoms with Crippen LogP contribution in [0.4, 0.5) is 4.39 Å². The molecule has 23 heavy (non-hydrogen) atoms. The number of rotatable bonds is 4. The van der Waals surface area contributed by atoms with Gasteiger partial charge in [0.25, 0.3) is 0 Å². The van der Waals surface area contributed by atoms with Gasteiger partial charge in [0.05, 0.1) is 16.2 Å². The largest absolute Gasteiger partial charge is 0.307 e. The highest BCUT2D eigenvalue weighted by Crippen LogP contribution is 2.25. The SMILES string of the molecule is CC(C)(C)c1nc(CNCc2cc(F)cc3cccnc23)cs1. The highest BCUT2D eigenvalue weighted by Gasteiger charge is 2.17. The molecule has 2 heterocycles. The van der Waals surface area contributed by atoms with Crippen molar-refractivity contribution < 1.29 is 4.39 Å². The summed E-state index contributed by atoms with van der Waals surface area (Å²) in [6.45, 7) is 7.71. The summed E-state index contributed by atoms with van der Waals surface area (Å²) in [6, 6.07) is 6.76. The lowest BCUT2D eigenvalue weighted by atomic mass is 9.98. The summed E-state index contributed by atoms with van der Waals surface area (Å²) < 4.78 is 13.7. The molecule has 120 valence electrons. The predicted octanol–water partition coefficient (Wildman–Crippen LogP) is 4.42. The molecule has 0 saturated heterocycles. The molecule has 0 saturated carbocycles. The zero-order chi connectivity index (χ0) is 16.4. The van der Waals surface area contributed by atoms with E-state index in [0.29, 0.717) is 13.1 Å². The fourth-order valence-corrected chi connectivity index (χ4v) is 3.33. The molecule has 5 heteroatoms. The van der Waals surface area contributed by atoms with E-state index in [1.165, 1.54) is 6.07 Å². The highest BCUT2D eigenvalue weighted by molar-refractivity contribution is 7.09. The molecular formula is C18H20FN3S. The average Bonchev–Trinajstić information content (AvgIpc) is 2.96. The Labute approximate surface area is 139 Å². The summed E-state index contributed by atoms with van der Waals surface area (Å²) in [6.07, 6.45) is 1.74. The molecule has 0 amide bonds. The third kappa shape index (κ3) is 3.74. The van der Waals surface area contributed by atoms with Crippen LogP contribution in [-0.2, 0) is 18.5 Å². The molecule has 0 fully saturated rings. The first kappa shape index (κ1) is 16.0. The summed E-state index contributed by atoms with van der Waals surface area (Å²) in [5, 5.41) is 7.38. The zero-order valence-corrected chi connectivity index (χ0v) is 14.4. The second-order valence-electron chi connectivity index (χ2n) is 6.64. The Morgan fingerprint density at radius 3 is 2.78 bits per heavy atom. The maximum Gasteiger partial charge on any atom is 0.124 e. The number of aromatic nitrogens is 2. The third-order valence-electron chi connectivity index (χ3n) is 3.56. The number of halogens is 1. The van der Waals surface area contributed by atoms with E-state index in [1.54, 1.807) is 23.6 Å². The Kier molecular flexibility index (Phi) is 4.41. The molecule has 0 spiro atoms. The van der Waals surface area contributed by atoms with Gasteiger partial charge in [-0.3, -0.25) is 4.98 Å². The number of hydrogen-bond donors (Lipinski definition) is 1. The molecular weight excluding hydrogens is 309 g/mol. The van der Waals surface area contributed by atoms with Crippen LogP contribution in [0, 0.1) is 5.82 Å². The van der Waals surface area contributed by atoms with Gasteiger partial charge >= 0.3 is 0 Å². The second-order valence-corrected chi connectivity index (χ2v) is 7.50. The summed E-state index contributed by atoms with van der Waals surface area (Å²) in [7, 11) is 0. The lowest BCUT2D eigenvalue weighted by Crippen LogP contribution is -2.15. The monoisotopic (exact) mass is 329 g/mol. The van der Waals surface area contributed by atoms with Gasteiger partial charge in [0.2, 0.25) is 0 Å². The van der Waals surface area contributed by atoms with Crippen molar-refractivity contribution in [2.75, 3.05) is 0 Å². The predicted molar refractivity (Wildman–Crippen MR) is 93.1 cm³/mol. The fourth-order valence-electron chi connectivity index (χ4n) is 2.42. The minimum absolute atomic E-state index is 0.0750. The molecule has 0 aliphatic heterocycles. The Morgan fingerprint density at radius 1 is 1.22 bits per heavy atom. The molecule has 3 aromatic rings. The van der Waals surface area contributed by atoms with E-state index in [4.69, 9.17) is 0 Å². The second kappa shape index (κ2) is 6.34. The Morgan fingerprint density at radius 2 is 2.04 bits per heavy atom. The van der Waals surface area contributed by atoms with Crippen LogP contribution in [0.15, 0.2) is 35.8 Å². The first-order valence-corrected chi connectivity index (χ1v) is 8.50. The minimum atomic E-state index is -0.231. The van der Waals surface area contributed by atoms with Gasteiger partial charge in [-0.1, -0.05) is 26.8 Å². The van der Waals surface area contributed by atoms with Gasteiger partial charge in [-0.05, 0) is 23.8 Å². The number of nitrogens with zero attached hydrogens (tertiary/aromatic N) is 2. The van der Waals surface area contributed by atoms with E-state index >= 15 is 0 Å². The minimum Gasteiger partial charge on any atom is -0.307 e. The molecule has 3 nitrogen and oxygen atoms in total. The smallest absolute Gasteiger partial charge is 0.124 e. The molecule has 0 aliphatic carbocycles. The number of hydrogen-bond acceptors (Lipinski definition) is 4. The number of pyridine rings is 1. The van der Waals surface area contributed by atoms with Crippen molar-refractivity contribution in [3.05, 3.63) is 57.9 Å². The number of thiazole rings is 1. The highest BCUT2D eigenvalue weighted by atomic mass is 32.1. The normalized spacial score (nSPS) is 12.0. The number of nitrogens with one attached hydrogen (secondary N) is 1. The van der Waals surface area contributed by atoms with Crippen LogP contribution in [0.1, 0.15) is 37.0 Å². The van der Waals surface area contributed by atoms with Crippen LogP contribution in [0.2, 0.25) is 0 Å². The molecule has 3 rings (SSSR count). The van der Waals surface area contributed by atoms with Crippen molar-refractivity contribution in [2.24, 2.45) is 0 Å². The van der Waals surface area contributed by atoms with Crippen LogP contribution in [0.5, 0.6) is 0 Å². The zero-order valence-electron chi connectivity index (χ0n) is 13.6. The molecule has 2 aromatic heterocycles. The maximum absolute atomic E-state index is 13.7. The quantitative estimate of drug-likeness (QED) is 0.770. The Hall–Kier alpha value is -1.85. The van der Waals surface area contributed by atoms with Crippen molar-refractivity contribution in [3.63, 3.8) is 0 Å². The van der Waals surface area contributed by atoms with Crippen molar-refractivity contribution in [3.8, 4) is 0 Å². The van der Waals surface area contributed by atoms with E-state index in [9.17, 15) is 4.39 Å². The molecule has 1 N–H and O–H groups in total. The molecule has 0 atom stereocenters. The van der Waals surface area contributed by atoms with Gasteiger partial charge in [-0.15, -0.1) is 11.3 Å². The summed E-state index contributed by atoms with van der Waals surface area (Å²) in [5.74, 6) is -0.231. The summed E-state index contributed by atoms with van der Waals surface area (Å²) in [4.78, 5) is 9.02. The first-order valence-electron chi connectivity index (χ1n) is 7.62. The molecule has 0 unspecified atom stereocenters. The number of fused-ring (bicyclic) bond motifs is 1. The molecule has 0 radical (unpaired) electrons. The fraction of sp³-hybridized carbons (Fsp3) is 0.333. The van der Waals surface area contributed by atoms with E-state index in [2.05, 4.69) is 41.4 Å². The first-order chi connectivity index (χ1) is 10.9. The maximum atomic E-state index is 13.7. The van der Waals surface area contributed by atoms with Crippen molar-refractivity contribution in [1.82, 2.24) is 15.3 Å². The Bertz CT molecular complexity index is 820. The van der Waals surface area contributed by atoms with Crippen LogP contribution in [0.25, 0.3) is 10.9 Å². The van der Waals surface area contributed by atoms with Crippen LogP contribution >= 0.6 is 11.3 Å². The van der Waals surface area contributed by atoms with Gasteiger partial charge in [-0.2, -0.15) is 0 Å². The summed E-state index contributed by atoms with van der Waals surface area (Å²) >= 11 is 1.68. The molecule has 0 bridgehead atoms. The van der Waals surface area contributed by atoms with Gasteiger partial charge in [-0.25, -0.2) is 9.37 Å². The van der Waals surface area contributed by atoms with Gasteiger partial charge < -0.3 is 5.32 Å². The lowest BCUT2D eigenvalue weighted by molar-refractivity contribution is 0.579. The van der Waals surface area contributed by atoms with E-state index in [-0.39, 0.29) is 11.2 Å². The van der Waals surface area contributed by atoms with Crippen molar-refractivity contribution in [1.29, 1.82) is 0 Å². The molecule has 0 aliphatic rings. The molecule has 1 aromatic carbocycles. The Balaban J connectivity index is 1.71. The summed E-state index contributed by atoms with van der Waals surface area (Å²) in [5.41, 5.74) is 2.81. The van der Waals surface area contributed by atoms with Crippen LogP contribution in [0.3, 0.4) is 0 Å². The lowest BCUT2D eigenvalue weighted by Gasteiger charge is -2.13. The topological polar surface area (TPSA) is 37.8 Å². The van der Waals surface area contributed by atoms with E-state index < -0.39 is 0 Å². The van der Waals surface area contributed by atoms with Gasteiger partial charge in [0.15, 0.2) is 0 Å². The standard InChI is InChI=1S/C18H20FN3S/c1-18(2,3)17-22-15(11-23-17)10-20-9-13-8-14(19)7-12-5-4-6-21-16(12)13/h4-8,11,20H,9-10H2,1-3H3. The van der Waals surface area contributed by atoms with Crippen LogP contribution in [-0.4, -0.2) is 9.97 Å². The van der Waals surface area contributed by atoms with E-state index in [0.717, 1.165) is 27.2 Å². The third-order valence-corrected chi connectivity index (χ3v) is 4.88. The van der Waals surface area contributed by atoms with Gasteiger partial charge in [0.1, 0.15) is 5.82 Å².